The molecular weight excluding hydrogens is 729 g/mol. The first kappa shape index (κ1) is 53.4. The molecular formula is C50H88O8. The highest BCUT2D eigenvalue weighted by atomic mass is 16.4. The van der Waals surface area contributed by atoms with E-state index in [1.165, 1.54) is 193 Å². The van der Waals surface area contributed by atoms with E-state index in [-0.39, 0.29) is 12.8 Å². The van der Waals surface area contributed by atoms with Crippen LogP contribution in [-0.4, -0.2) is 44.3 Å². The maximum Gasteiger partial charge on any atom is 0.307 e. The minimum Gasteiger partial charge on any atom is -0.481 e. The zero-order chi connectivity index (χ0) is 42.3. The summed E-state index contributed by atoms with van der Waals surface area (Å²) in [5.41, 5.74) is 0. The molecule has 0 heterocycles. The summed E-state index contributed by atoms with van der Waals surface area (Å²) in [7, 11) is 0. The van der Waals surface area contributed by atoms with Crippen LogP contribution in [0.3, 0.4) is 0 Å². The smallest absolute Gasteiger partial charge is 0.307 e. The monoisotopic (exact) mass is 817 g/mol. The van der Waals surface area contributed by atoms with E-state index in [0.717, 1.165) is 37.5 Å². The van der Waals surface area contributed by atoms with Crippen molar-refractivity contribution in [3.63, 3.8) is 0 Å². The van der Waals surface area contributed by atoms with Gasteiger partial charge in [0.15, 0.2) is 0 Å². The molecule has 4 N–H and O–H groups in total. The van der Waals surface area contributed by atoms with Gasteiger partial charge in [-0.2, -0.15) is 0 Å². The lowest BCUT2D eigenvalue weighted by Gasteiger charge is -2.28. The second-order valence-electron chi connectivity index (χ2n) is 17.9. The number of carboxylic acids is 4. The van der Waals surface area contributed by atoms with Crippen molar-refractivity contribution in [2.45, 2.75) is 244 Å². The lowest BCUT2D eigenvalue weighted by molar-refractivity contribution is -0.148. The third kappa shape index (κ3) is 34.2. The molecule has 336 valence electrons. The van der Waals surface area contributed by atoms with Crippen LogP contribution in [0.25, 0.3) is 0 Å². The Morgan fingerprint density at radius 2 is 0.603 bits per heavy atom. The van der Waals surface area contributed by atoms with Gasteiger partial charge in [0.1, 0.15) is 0 Å². The van der Waals surface area contributed by atoms with Crippen molar-refractivity contribution in [3.8, 4) is 0 Å². The molecule has 2 unspecified atom stereocenters. The minimum atomic E-state index is -1.06. The van der Waals surface area contributed by atoms with Crippen LogP contribution < -0.4 is 0 Å². The summed E-state index contributed by atoms with van der Waals surface area (Å²) >= 11 is 0. The van der Waals surface area contributed by atoms with Gasteiger partial charge >= 0.3 is 23.9 Å². The van der Waals surface area contributed by atoms with E-state index in [2.05, 4.69) is 0 Å². The molecule has 0 aromatic carbocycles. The van der Waals surface area contributed by atoms with Crippen LogP contribution in [0, 0.1) is 23.7 Å². The van der Waals surface area contributed by atoms with Crippen molar-refractivity contribution in [2.75, 3.05) is 0 Å². The van der Waals surface area contributed by atoms with Gasteiger partial charge in [-0.05, 0) is 50.4 Å². The first-order chi connectivity index (χ1) is 28.2. The number of carbonyl (C=O) groups is 4. The third-order valence-electron chi connectivity index (χ3n) is 12.6. The Hall–Kier alpha value is -2.64. The zero-order valence-electron chi connectivity index (χ0n) is 36.9. The second kappa shape index (κ2) is 38.6. The van der Waals surface area contributed by atoms with Gasteiger partial charge < -0.3 is 20.4 Å². The van der Waals surface area contributed by atoms with Crippen LogP contribution in [0.4, 0.5) is 0 Å². The van der Waals surface area contributed by atoms with E-state index in [4.69, 9.17) is 20.4 Å². The van der Waals surface area contributed by atoms with Gasteiger partial charge in [-0.25, -0.2) is 0 Å². The molecule has 0 bridgehead atoms. The van der Waals surface area contributed by atoms with E-state index in [1.807, 2.05) is 24.3 Å². The van der Waals surface area contributed by atoms with Crippen molar-refractivity contribution in [2.24, 2.45) is 23.7 Å². The van der Waals surface area contributed by atoms with Gasteiger partial charge in [0.25, 0.3) is 0 Å². The maximum atomic E-state index is 11.1. The molecule has 0 spiro atoms. The molecule has 58 heavy (non-hydrogen) atoms. The zero-order valence-corrected chi connectivity index (χ0v) is 36.9. The number of carboxylic acid groups (broad SMARTS) is 4. The Bertz CT molecular complexity index is 991. The molecule has 0 aromatic heterocycles. The molecule has 2 atom stereocenters. The first-order valence-electron chi connectivity index (χ1n) is 24.4. The fourth-order valence-electron chi connectivity index (χ4n) is 8.81. The fourth-order valence-corrected chi connectivity index (χ4v) is 8.81. The Kier molecular flexibility index (Phi) is 35.5. The average Bonchev–Trinajstić information content (AvgIpc) is 3.19. The molecule has 0 aromatic rings. The minimum absolute atomic E-state index is 0.297. The predicted octanol–water partition coefficient (Wildman–Crippen LogP) is 14.7. The van der Waals surface area contributed by atoms with Gasteiger partial charge in [0, 0.05) is 0 Å². The molecule has 0 saturated heterocycles. The molecule has 1 rings (SSSR count). The van der Waals surface area contributed by atoms with Crippen LogP contribution >= 0.6 is 0 Å². The average molecular weight is 817 g/mol. The van der Waals surface area contributed by atoms with Crippen LogP contribution in [0.5, 0.6) is 0 Å². The molecule has 0 radical (unpaired) electrons. The molecule has 8 heteroatoms. The number of allylic oxidation sites excluding steroid dienone is 4. The standard InChI is InChI=1S/C50H88O8/c51-47(52)41-45(49(55)56)35-31-27-23-19-15-11-7-3-1-5-9-13-17-21-25-29-33-43-37-39-44(40-38-43)34-30-26-22-18-14-10-6-2-4-8-12-16-20-24-28-32-36-46(50(57)58)42-48(53)54/h27-28,31-32,43-46H,1-26,29-30,33-42H2,(H,51,52)(H,53,54)(H,55,56)(H,57,58). The molecule has 0 aliphatic heterocycles. The van der Waals surface area contributed by atoms with E-state index >= 15 is 0 Å². The van der Waals surface area contributed by atoms with Crippen molar-refractivity contribution in [3.05, 3.63) is 24.3 Å². The first-order valence-corrected chi connectivity index (χ1v) is 24.4. The number of hydrogen-bond donors (Lipinski definition) is 4. The van der Waals surface area contributed by atoms with Crippen molar-refractivity contribution in [1.29, 1.82) is 0 Å². The van der Waals surface area contributed by atoms with E-state index in [0.29, 0.717) is 12.8 Å². The summed E-state index contributed by atoms with van der Waals surface area (Å²) in [6.07, 6.45) is 53.4. The number of rotatable bonds is 42. The number of hydrogen-bond acceptors (Lipinski definition) is 4. The van der Waals surface area contributed by atoms with Gasteiger partial charge in [0.05, 0.1) is 24.7 Å². The van der Waals surface area contributed by atoms with Crippen molar-refractivity contribution in [1.82, 2.24) is 0 Å². The Morgan fingerprint density at radius 1 is 0.362 bits per heavy atom. The fraction of sp³-hybridized carbons (Fsp3) is 0.840. The predicted molar refractivity (Wildman–Crippen MR) is 238 cm³/mol. The van der Waals surface area contributed by atoms with Gasteiger partial charge in [-0.3, -0.25) is 19.2 Å². The lowest BCUT2D eigenvalue weighted by atomic mass is 9.78. The van der Waals surface area contributed by atoms with E-state index in [1.54, 1.807) is 0 Å². The van der Waals surface area contributed by atoms with Crippen molar-refractivity contribution >= 4 is 23.9 Å². The summed E-state index contributed by atoms with van der Waals surface area (Å²) in [5, 5.41) is 35.8. The summed E-state index contributed by atoms with van der Waals surface area (Å²) < 4.78 is 0. The van der Waals surface area contributed by atoms with E-state index in [9.17, 15) is 19.2 Å². The molecule has 0 amide bonds. The highest BCUT2D eigenvalue weighted by molar-refractivity contribution is 5.78. The largest absolute Gasteiger partial charge is 0.481 e. The van der Waals surface area contributed by atoms with Gasteiger partial charge in [0.2, 0.25) is 0 Å². The van der Waals surface area contributed by atoms with E-state index < -0.39 is 35.7 Å². The normalized spacial score (nSPS) is 16.9. The summed E-state index contributed by atoms with van der Waals surface area (Å²) in [4.78, 5) is 43.7. The summed E-state index contributed by atoms with van der Waals surface area (Å²) in [5.74, 6) is -3.82. The molecule has 8 nitrogen and oxygen atoms in total. The van der Waals surface area contributed by atoms with Crippen LogP contribution in [-0.2, 0) is 19.2 Å². The Balaban J connectivity index is 1.78. The van der Waals surface area contributed by atoms with Crippen LogP contribution in [0.1, 0.15) is 244 Å². The number of unbranched alkanes of at least 4 members (excludes halogenated alkanes) is 26. The molecule has 1 saturated carbocycles. The Morgan fingerprint density at radius 3 is 0.845 bits per heavy atom. The Labute approximate surface area is 354 Å². The van der Waals surface area contributed by atoms with Crippen LogP contribution in [0.2, 0.25) is 0 Å². The highest BCUT2D eigenvalue weighted by Crippen LogP contribution is 2.35. The van der Waals surface area contributed by atoms with Gasteiger partial charge in [-0.1, -0.05) is 217 Å². The van der Waals surface area contributed by atoms with Crippen molar-refractivity contribution < 1.29 is 39.6 Å². The third-order valence-corrected chi connectivity index (χ3v) is 12.6. The molecule has 1 aliphatic carbocycles. The van der Waals surface area contributed by atoms with Gasteiger partial charge in [-0.15, -0.1) is 0 Å². The second-order valence-corrected chi connectivity index (χ2v) is 17.9. The molecule has 1 aliphatic rings. The highest BCUT2D eigenvalue weighted by Gasteiger charge is 2.21. The summed E-state index contributed by atoms with van der Waals surface area (Å²) in [6, 6.07) is 0. The maximum absolute atomic E-state index is 11.1. The summed E-state index contributed by atoms with van der Waals surface area (Å²) in [6.45, 7) is 0. The van der Waals surface area contributed by atoms with Crippen LogP contribution in [0.15, 0.2) is 24.3 Å². The SMILES string of the molecule is O=C(O)CC(CC=CCCCCCCCCCCCCCCCC1CCC(CCCCCCCCCCCCCCCC=CCC(CC(=O)O)C(=O)O)CC1)C(=O)O. The quantitative estimate of drug-likeness (QED) is 0.0351. The topological polar surface area (TPSA) is 149 Å². The molecule has 1 fully saturated rings. The lowest BCUT2D eigenvalue weighted by Crippen LogP contribution is -2.16. The number of aliphatic carboxylic acids is 4.